The molecule has 4 aromatic rings. The zero-order valence-corrected chi connectivity index (χ0v) is 21.5. The lowest BCUT2D eigenvalue weighted by molar-refractivity contribution is -0.114. The van der Waals surface area contributed by atoms with E-state index in [0.29, 0.717) is 18.0 Å². The minimum atomic E-state index is -1.05. The summed E-state index contributed by atoms with van der Waals surface area (Å²) in [5.41, 5.74) is 6.89. The van der Waals surface area contributed by atoms with Gasteiger partial charge in [0.15, 0.2) is 12.6 Å². The maximum Gasteiger partial charge on any atom is 0.283 e. The zero-order valence-electron chi connectivity index (χ0n) is 21.5. The van der Waals surface area contributed by atoms with E-state index < -0.39 is 11.7 Å². The molecule has 196 valence electrons. The summed E-state index contributed by atoms with van der Waals surface area (Å²) < 4.78 is 21.1. The number of fused-ring (bicyclic) bond motifs is 2. The van der Waals surface area contributed by atoms with Crippen molar-refractivity contribution in [1.29, 1.82) is 0 Å². The van der Waals surface area contributed by atoms with E-state index in [1.54, 1.807) is 30.7 Å². The minimum Gasteiger partial charge on any atom is -0.471 e. The van der Waals surface area contributed by atoms with Gasteiger partial charge >= 0.3 is 0 Å². The highest BCUT2D eigenvalue weighted by molar-refractivity contribution is 6.09. The lowest BCUT2D eigenvalue weighted by Crippen LogP contribution is -2.10. The third-order valence-corrected chi connectivity index (χ3v) is 6.39. The molecular formula is C29H26FN7O2. The van der Waals surface area contributed by atoms with E-state index in [2.05, 4.69) is 43.9 Å². The number of allylic oxidation sites excluding steroid dienone is 1. The number of aromatic nitrogens is 3. The molecule has 0 saturated carbocycles. The summed E-state index contributed by atoms with van der Waals surface area (Å²) in [7, 11) is 1.95. The first-order chi connectivity index (χ1) is 18.9. The number of ether oxygens (including phenoxy) is 1. The molecule has 2 aromatic heterocycles. The van der Waals surface area contributed by atoms with Crippen LogP contribution in [-0.2, 0) is 18.4 Å². The Labute approximate surface area is 224 Å². The zero-order chi connectivity index (χ0) is 27.5. The van der Waals surface area contributed by atoms with E-state index in [1.165, 1.54) is 0 Å². The molecule has 0 atom stereocenters. The Morgan fingerprint density at radius 1 is 1.26 bits per heavy atom. The molecule has 0 bridgehead atoms. The van der Waals surface area contributed by atoms with Crippen LogP contribution in [-0.4, -0.2) is 39.6 Å². The molecule has 0 unspecified atom stereocenters. The highest BCUT2D eigenvalue weighted by Gasteiger charge is 2.26. The average molecular weight is 524 g/mol. The standard InChI is InChI=1S/C29H26FN7O2/c1-17(11-12-31-3)35-16-39-22-9-10-23-20(13-22)14-32-27-25-24(23)26(37(4)28(25)34-15-33-27)19-5-7-21(8-6-19)36-29(38)18(2)30/h5-13,15H,2-3,14,16H2,1,4H3,(H,36,38)(H,32,33,34)/b12-11-,35-17-. The van der Waals surface area contributed by atoms with Crippen molar-refractivity contribution in [2.75, 3.05) is 17.4 Å². The van der Waals surface area contributed by atoms with Gasteiger partial charge in [-0.15, -0.1) is 0 Å². The van der Waals surface area contributed by atoms with Crippen LogP contribution in [0.3, 0.4) is 0 Å². The number of amides is 1. The molecule has 0 radical (unpaired) electrons. The highest BCUT2D eigenvalue weighted by Crippen LogP contribution is 2.45. The van der Waals surface area contributed by atoms with Gasteiger partial charge in [0.05, 0.1) is 11.1 Å². The first-order valence-corrected chi connectivity index (χ1v) is 12.1. The van der Waals surface area contributed by atoms with Gasteiger partial charge in [0.2, 0.25) is 0 Å². The van der Waals surface area contributed by atoms with Gasteiger partial charge in [0.1, 0.15) is 23.5 Å². The second kappa shape index (κ2) is 10.7. The predicted molar refractivity (Wildman–Crippen MR) is 153 cm³/mol. The highest BCUT2D eigenvalue weighted by atomic mass is 19.1. The third kappa shape index (κ3) is 5.04. The summed E-state index contributed by atoms with van der Waals surface area (Å²) in [4.78, 5) is 28.8. The van der Waals surface area contributed by atoms with Gasteiger partial charge in [-0.3, -0.25) is 14.8 Å². The van der Waals surface area contributed by atoms with Crippen LogP contribution in [0.5, 0.6) is 5.75 Å². The van der Waals surface area contributed by atoms with Crippen molar-refractivity contribution in [3.63, 3.8) is 0 Å². The summed E-state index contributed by atoms with van der Waals surface area (Å²) in [5, 5.41) is 6.84. The van der Waals surface area contributed by atoms with Crippen molar-refractivity contribution in [2.24, 2.45) is 17.0 Å². The smallest absolute Gasteiger partial charge is 0.283 e. The van der Waals surface area contributed by atoms with Crippen molar-refractivity contribution in [2.45, 2.75) is 13.5 Å². The van der Waals surface area contributed by atoms with E-state index in [-0.39, 0.29) is 6.73 Å². The molecule has 1 amide bonds. The molecule has 1 aliphatic rings. The molecule has 0 saturated heterocycles. The summed E-state index contributed by atoms with van der Waals surface area (Å²) >= 11 is 0. The lowest BCUT2D eigenvalue weighted by atomic mass is 9.95. The number of rotatable bonds is 8. The molecule has 2 aromatic carbocycles. The number of nitrogens with one attached hydrogen (secondary N) is 2. The number of aryl methyl sites for hydroxylation is 1. The number of carbonyl (C=O) groups is 1. The number of aliphatic imine (C=N–C) groups is 2. The van der Waals surface area contributed by atoms with Crippen LogP contribution in [0.15, 0.2) is 83.5 Å². The van der Waals surface area contributed by atoms with Crippen LogP contribution < -0.4 is 15.4 Å². The molecule has 0 spiro atoms. The monoisotopic (exact) mass is 523 g/mol. The number of hydrogen-bond acceptors (Lipinski definition) is 7. The largest absolute Gasteiger partial charge is 0.471 e. The number of carbonyl (C=O) groups excluding carboxylic acids is 1. The number of hydrogen-bond donors (Lipinski definition) is 2. The number of halogens is 1. The Kier molecular flexibility index (Phi) is 7.00. The van der Waals surface area contributed by atoms with Crippen LogP contribution in [0, 0.1) is 0 Å². The van der Waals surface area contributed by atoms with Crippen molar-refractivity contribution in [3.8, 4) is 28.1 Å². The second-order valence-electron chi connectivity index (χ2n) is 8.88. The average Bonchev–Trinajstić information content (AvgIpc) is 3.13. The molecule has 5 rings (SSSR count). The van der Waals surface area contributed by atoms with Gasteiger partial charge < -0.3 is 19.9 Å². The van der Waals surface area contributed by atoms with Gasteiger partial charge in [-0.1, -0.05) is 24.8 Å². The van der Waals surface area contributed by atoms with Crippen molar-refractivity contribution < 1.29 is 13.9 Å². The molecule has 1 aliphatic heterocycles. The van der Waals surface area contributed by atoms with E-state index in [0.717, 1.165) is 50.5 Å². The van der Waals surface area contributed by atoms with Crippen LogP contribution in [0.25, 0.3) is 33.4 Å². The Hall–Kier alpha value is -5.12. The number of benzene rings is 2. The normalized spacial score (nSPS) is 12.5. The Morgan fingerprint density at radius 3 is 2.79 bits per heavy atom. The maximum atomic E-state index is 13.1. The summed E-state index contributed by atoms with van der Waals surface area (Å²) in [6, 6.07) is 13.2. The van der Waals surface area contributed by atoms with Gasteiger partial charge in [-0.2, -0.15) is 0 Å². The Balaban J connectivity index is 1.55. The number of anilines is 2. The molecule has 10 heteroatoms. The fourth-order valence-electron chi connectivity index (χ4n) is 4.55. The van der Waals surface area contributed by atoms with Crippen LogP contribution in [0.4, 0.5) is 15.9 Å². The van der Waals surface area contributed by atoms with Gasteiger partial charge in [-0.05, 0) is 60.7 Å². The summed E-state index contributed by atoms with van der Waals surface area (Å²) in [6.45, 7) is 9.04. The molecule has 0 fully saturated rings. The Bertz CT molecular complexity index is 1670. The van der Waals surface area contributed by atoms with E-state index in [9.17, 15) is 9.18 Å². The summed E-state index contributed by atoms with van der Waals surface area (Å²) in [6.07, 6.45) is 4.88. The van der Waals surface area contributed by atoms with E-state index >= 15 is 0 Å². The van der Waals surface area contributed by atoms with Crippen LogP contribution >= 0.6 is 0 Å². The van der Waals surface area contributed by atoms with Gasteiger partial charge in [0.25, 0.3) is 5.91 Å². The number of nitrogens with zero attached hydrogens (tertiary/aromatic N) is 5. The lowest BCUT2D eigenvalue weighted by Gasteiger charge is -2.14. The first-order valence-electron chi connectivity index (χ1n) is 12.1. The topological polar surface area (TPSA) is 106 Å². The SMILES string of the molecule is C=N/C=C\C(C)=N/COc1ccc2c(c1)CNc1ncnc3c1c-2c(-c1ccc(NC(=O)C(=C)F)cc1)n3C. The molecule has 0 aliphatic carbocycles. The fraction of sp³-hybridized carbons (Fsp3) is 0.138. The van der Waals surface area contributed by atoms with Crippen molar-refractivity contribution >= 4 is 40.9 Å². The van der Waals surface area contributed by atoms with Crippen molar-refractivity contribution in [1.82, 2.24) is 14.5 Å². The fourth-order valence-corrected chi connectivity index (χ4v) is 4.55. The molecule has 3 heterocycles. The Morgan fingerprint density at radius 2 is 2.05 bits per heavy atom. The van der Waals surface area contributed by atoms with Crippen molar-refractivity contribution in [3.05, 3.63) is 79.0 Å². The second-order valence-corrected chi connectivity index (χ2v) is 8.88. The molecular weight excluding hydrogens is 497 g/mol. The van der Waals surface area contributed by atoms with Gasteiger partial charge in [-0.25, -0.2) is 14.4 Å². The van der Waals surface area contributed by atoms with Crippen LogP contribution in [0.1, 0.15) is 12.5 Å². The van der Waals surface area contributed by atoms with E-state index in [1.807, 2.05) is 48.9 Å². The third-order valence-electron chi connectivity index (χ3n) is 6.39. The summed E-state index contributed by atoms with van der Waals surface area (Å²) in [5.74, 6) is -0.485. The minimum absolute atomic E-state index is 0.171. The maximum absolute atomic E-state index is 13.1. The quantitative estimate of drug-likeness (QED) is 0.229. The van der Waals surface area contributed by atoms with Gasteiger partial charge in [0, 0.05) is 36.8 Å². The van der Waals surface area contributed by atoms with E-state index in [4.69, 9.17) is 4.74 Å². The first kappa shape index (κ1) is 25.5. The molecule has 2 N–H and O–H groups in total. The predicted octanol–water partition coefficient (Wildman–Crippen LogP) is 5.66. The van der Waals surface area contributed by atoms with Crippen LogP contribution in [0.2, 0.25) is 0 Å². The molecule has 39 heavy (non-hydrogen) atoms. The molecule has 9 nitrogen and oxygen atoms in total.